The highest BCUT2D eigenvalue weighted by Gasteiger charge is 2.27. The van der Waals surface area contributed by atoms with E-state index in [0.29, 0.717) is 63.0 Å². The van der Waals surface area contributed by atoms with Gasteiger partial charge in [-0.25, -0.2) is 9.37 Å². The maximum absolute atomic E-state index is 15.4. The summed E-state index contributed by atoms with van der Waals surface area (Å²) in [7, 11) is 0. The van der Waals surface area contributed by atoms with Gasteiger partial charge < -0.3 is 19.7 Å². The Labute approximate surface area is 222 Å². The first-order valence-corrected chi connectivity index (χ1v) is 13.9. The summed E-state index contributed by atoms with van der Waals surface area (Å²) in [6.07, 6.45) is 0.715. The molecule has 1 unspecified atom stereocenters. The molecule has 2 saturated heterocycles. The number of pyridine rings is 2. The number of aromatic nitrogens is 2. The topological polar surface area (TPSA) is 88.4 Å². The molecular weight excluding hydrogens is 509 g/mol. The Morgan fingerprint density at radius 3 is 2.58 bits per heavy atom. The van der Waals surface area contributed by atoms with Gasteiger partial charge in [0.1, 0.15) is 10.4 Å². The van der Waals surface area contributed by atoms with Crippen LogP contribution in [0.1, 0.15) is 23.7 Å². The molecule has 0 radical (unpaired) electrons. The van der Waals surface area contributed by atoms with Crippen molar-refractivity contribution in [2.24, 2.45) is 0 Å². The molecule has 0 saturated carbocycles. The fraction of sp³-hybridized carbons (Fsp3) is 0.444. The lowest BCUT2D eigenvalue weighted by Gasteiger charge is -2.30. The fourth-order valence-corrected chi connectivity index (χ4v) is 6.41. The molecule has 2 fully saturated rings. The minimum Gasteiger partial charge on any atom is -0.379 e. The lowest BCUT2D eigenvalue weighted by molar-refractivity contribution is 0.0331. The largest absolute Gasteiger partial charge is 0.379 e. The monoisotopic (exact) mass is 539 g/mol. The highest BCUT2D eigenvalue weighted by molar-refractivity contribution is 7.24. The normalized spacial score (nSPS) is 17.9. The van der Waals surface area contributed by atoms with Crippen LogP contribution < -0.4 is 15.6 Å². The SMILES string of the molecule is CCC(CN1CCOCC1)NC(=O)c1c(=O)c2cc(F)c(N3CCOCC3)nc2n2c1sc1ccccc12. The summed E-state index contributed by atoms with van der Waals surface area (Å²) in [6.45, 7) is 7.64. The van der Waals surface area contributed by atoms with Crippen LogP contribution in [0.25, 0.3) is 26.1 Å². The third-order valence-corrected chi connectivity index (χ3v) is 8.44. The van der Waals surface area contributed by atoms with Crippen LogP contribution in [0, 0.1) is 5.82 Å². The molecule has 200 valence electrons. The van der Waals surface area contributed by atoms with Gasteiger partial charge in [-0.2, -0.15) is 0 Å². The van der Waals surface area contributed by atoms with E-state index in [1.807, 2.05) is 40.5 Å². The molecule has 2 aliphatic rings. The number of carbonyl (C=O) groups is 1. The molecule has 1 aromatic carbocycles. The average Bonchev–Trinajstić information content (AvgIpc) is 3.33. The molecule has 11 heteroatoms. The Bertz CT molecular complexity index is 1560. The highest BCUT2D eigenvalue weighted by atomic mass is 32.1. The summed E-state index contributed by atoms with van der Waals surface area (Å²) in [5, 5.41) is 3.18. The molecule has 1 amide bonds. The predicted octanol–water partition coefficient (Wildman–Crippen LogP) is 2.88. The van der Waals surface area contributed by atoms with Crippen LogP contribution in [0.5, 0.6) is 0 Å². The second-order valence-electron chi connectivity index (χ2n) is 9.67. The van der Waals surface area contributed by atoms with Crippen molar-refractivity contribution in [2.75, 3.05) is 64.1 Å². The van der Waals surface area contributed by atoms with Crippen molar-refractivity contribution in [3.05, 3.63) is 51.9 Å². The predicted molar refractivity (Wildman–Crippen MR) is 146 cm³/mol. The van der Waals surface area contributed by atoms with Gasteiger partial charge in [0, 0.05) is 38.8 Å². The van der Waals surface area contributed by atoms with E-state index in [1.54, 1.807) is 0 Å². The second-order valence-corrected chi connectivity index (χ2v) is 10.7. The maximum atomic E-state index is 15.4. The molecule has 1 atom stereocenters. The number of ether oxygens (including phenoxy) is 2. The third-order valence-electron chi connectivity index (χ3n) is 7.30. The Hall–Kier alpha value is -3.12. The van der Waals surface area contributed by atoms with E-state index >= 15 is 4.39 Å². The van der Waals surface area contributed by atoms with Crippen molar-refractivity contribution in [3.8, 4) is 0 Å². The molecule has 2 aliphatic heterocycles. The van der Waals surface area contributed by atoms with Gasteiger partial charge >= 0.3 is 0 Å². The lowest BCUT2D eigenvalue weighted by Crippen LogP contribution is -2.47. The molecule has 0 spiro atoms. The van der Waals surface area contributed by atoms with Crippen molar-refractivity contribution in [2.45, 2.75) is 19.4 Å². The number of nitrogens with zero attached hydrogens (tertiary/aromatic N) is 4. The zero-order valence-corrected chi connectivity index (χ0v) is 22.1. The van der Waals surface area contributed by atoms with Gasteiger partial charge in [-0.1, -0.05) is 19.1 Å². The summed E-state index contributed by atoms with van der Waals surface area (Å²) in [6, 6.07) is 8.79. The van der Waals surface area contributed by atoms with Gasteiger partial charge in [0.05, 0.1) is 42.0 Å². The molecule has 0 bridgehead atoms. The molecule has 1 N–H and O–H groups in total. The van der Waals surface area contributed by atoms with Gasteiger partial charge in [0.15, 0.2) is 17.3 Å². The van der Waals surface area contributed by atoms with Crippen LogP contribution in [0.4, 0.5) is 10.2 Å². The molecule has 38 heavy (non-hydrogen) atoms. The summed E-state index contributed by atoms with van der Waals surface area (Å²) in [5.41, 5.74) is 0.686. The second kappa shape index (κ2) is 10.6. The Morgan fingerprint density at radius 2 is 1.84 bits per heavy atom. The number of thiazole rings is 1. The number of hydrogen-bond acceptors (Lipinski definition) is 8. The van der Waals surface area contributed by atoms with Crippen LogP contribution >= 0.6 is 11.3 Å². The van der Waals surface area contributed by atoms with Crippen LogP contribution in [0.3, 0.4) is 0 Å². The lowest BCUT2D eigenvalue weighted by atomic mass is 10.1. The van der Waals surface area contributed by atoms with E-state index < -0.39 is 17.2 Å². The molecule has 6 rings (SSSR count). The summed E-state index contributed by atoms with van der Waals surface area (Å²) < 4.78 is 29.0. The van der Waals surface area contributed by atoms with Crippen molar-refractivity contribution < 1.29 is 18.7 Å². The van der Waals surface area contributed by atoms with Gasteiger partial charge in [-0.05, 0) is 24.6 Å². The molecule has 3 aromatic heterocycles. The first-order valence-electron chi connectivity index (χ1n) is 13.0. The first kappa shape index (κ1) is 25.2. The van der Waals surface area contributed by atoms with E-state index in [2.05, 4.69) is 15.2 Å². The molecular formula is C27H30FN5O4S. The van der Waals surface area contributed by atoms with Gasteiger partial charge in [-0.3, -0.25) is 18.9 Å². The summed E-state index contributed by atoms with van der Waals surface area (Å²) >= 11 is 1.37. The minimum atomic E-state index is -0.582. The van der Waals surface area contributed by atoms with Crippen LogP contribution in [0.15, 0.2) is 35.1 Å². The molecule has 4 aromatic rings. The zero-order chi connectivity index (χ0) is 26.2. The Kier molecular flexibility index (Phi) is 7.00. The fourth-order valence-electron chi connectivity index (χ4n) is 5.23. The quantitative estimate of drug-likeness (QED) is 0.403. The maximum Gasteiger partial charge on any atom is 0.258 e. The van der Waals surface area contributed by atoms with E-state index in [-0.39, 0.29) is 22.8 Å². The van der Waals surface area contributed by atoms with E-state index in [9.17, 15) is 9.59 Å². The number of carbonyl (C=O) groups excluding carboxylic acids is 1. The standard InChI is InChI=1S/C27H30FN5O4S/c1-2-17(16-31-7-11-36-12-8-31)29-26(35)22-23(34)18-15-19(28)25(32-9-13-37-14-10-32)30-24(18)33-20-5-3-4-6-21(20)38-27(22)33/h3-6,15,17H,2,7-14,16H2,1H3,(H,29,35). The highest BCUT2D eigenvalue weighted by Crippen LogP contribution is 2.32. The van der Waals surface area contributed by atoms with Gasteiger partial charge in [-0.15, -0.1) is 11.3 Å². The van der Waals surface area contributed by atoms with Crippen molar-refractivity contribution in [1.82, 2.24) is 19.6 Å². The van der Waals surface area contributed by atoms with E-state index in [0.717, 1.165) is 23.3 Å². The van der Waals surface area contributed by atoms with Crippen LogP contribution in [-0.4, -0.2) is 85.4 Å². The average molecular weight is 540 g/mol. The molecule has 0 aliphatic carbocycles. The number of nitrogens with one attached hydrogen (secondary N) is 1. The number of hydrogen-bond donors (Lipinski definition) is 1. The van der Waals surface area contributed by atoms with Crippen molar-refractivity contribution in [3.63, 3.8) is 0 Å². The minimum absolute atomic E-state index is 0.0273. The smallest absolute Gasteiger partial charge is 0.258 e. The Balaban J connectivity index is 1.48. The number of halogens is 1. The third kappa shape index (κ3) is 4.53. The first-order chi connectivity index (χ1) is 18.5. The van der Waals surface area contributed by atoms with E-state index in [4.69, 9.17) is 9.47 Å². The van der Waals surface area contributed by atoms with Gasteiger partial charge in [0.25, 0.3) is 5.91 Å². The van der Waals surface area contributed by atoms with Gasteiger partial charge in [0.2, 0.25) is 5.43 Å². The molecule has 5 heterocycles. The summed E-state index contributed by atoms with van der Waals surface area (Å²) in [5.74, 6) is -0.835. The van der Waals surface area contributed by atoms with Crippen molar-refractivity contribution in [1.29, 1.82) is 0 Å². The Morgan fingerprint density at radius 1 is 1.13 bits per heavy atom. The zero-order valence-electron chi connectivity index (χ0n) is 21.2. The van der Waals surface area contributed by atoms with E-state index in [1.165, 1.54) is 17.4 Å². The number of morpholine rings is 2. The number of para-hydroxylation sites is 1. The number of amides is 1. The van der Waals surface area contributed by atoms with Crippen LogP contribution in [-0.2, 0) is 9.47 Å². The molecule has 9 nitrogen and oxygen atoms in total. The number of benzene rings is 1. The van der Waals surface area contributed by atoms with Crippen LogP contribution in [0.2, 0.25) is 0 Å². The number of anilines is 1. The number of rotatable bonds is 6. The number of fused-ring (bicyclic) bond motifs is 5. The summed E-state index contributed by atoms with van der Waals surface area (Å²) in [4.78, 5) is 36.8. The van der Waals surface area contributed by atoms with Crippen molar-refractivity contribution >= 4 is 49.1 Å².